The predicted molar refractivity (Wildman–Crippen MR) is 163 cm³/mol. The topological polar surface area (TPSA) is 55.9 Å². The van der Waals surface area contributed by atoms with Crippen molar-refractivity contribution < 1.29 is 4.42 Å². The van der Waals surface area contributed by atoms with Gasteiger partial charge in [-0.05, 0) is 54.3 Å². The second kappa shape index (κ2) is 11.1. The molecule has 0 aliphatic carbocycles. The molecule has 0 atom stereocenters. The summed E-state index contributed by atoms with van der Waals surface area (Å²) in [5, 5.41) is 3.13. The monoisotopic (exact) mass is 524 g/mol. The zero-order chi connectivity index (χ0) is 27.4. The van der Waals surface area contributed by atoms with Gasteiger partial charge in [-0.15, -0.1) is 0 Å². The third-order valence-corrected chi connectivity index (χ3v) is 7.52. The van der Waals surface area contributed by atoms with Crippen molar-refractivity contribution >= 4 is 29.3 Å². The third-order valence-electron chi connectivity index (χ3n) is 7.52. The molecule has 0 radical (unpaired) electrons. The van der Waals surface area contributed by atoms with E-state index in [9.17, 15) is 0 Å². The van der Waals surface area contributed by atoms with E-state index in [1.54, 1.807) is 0 Å². The Hall–Kier alpha value is -4.90. The molecule has 0 fully saturated rings. The fraction of sp³-hybridized carbons (Fsp3) is 0.143. The van der Waals surface area contributed by atoms with E-state index < -0.39 is 5.41 Å². The van der Waals surface area contributed by atoms with Crippen LogP contribution in [0.2, 0.25) is 0 Å². The molecule has 0 amide bonds. The van der Waals surface area contributed by atoms with E-state index in [1.807, 2.05) is 25.4 Å². The summed E-state index contributed by atoms with van der Waals surface area (Å²) in [4.78, 5) is 9.29. The number of nitrogens with one attached hydrogen (secondary N) is 1. The molecule has 0 aliphatic rings. The highest BCUT2D eigenvalue weighted by Gasteiger charge is 2.37. The minimum absolute atomic E-state index is 0.391. The highest BCUT2D eigenvalue weighted by molar-refractivity contribution is 5.80. The molecular formula is C35H32N4O. The minimum Gasteiger partial charge on any atom is -0.424 e. The molecule has 1 N–H and O–H groups in total. The van der Waals surface area contributed by atoms with Crippen LogP contribution in [0.1, 0.15) is 40.6 Å². The maximum Gasteiger partial charge on any atom is 0.295 e. The van der Waals surface area contributed by atoms with Crippen molar-refractivity contribution in [1.29, 1.82) is 0 Å². The van der Waals surface area contributed by atoms with Gasteiger partial charge in [0.25, 0.3) is 6.01 Å². The molecule has 5 heteroatoms. The molecule has 6 rings (SSSR count). The molecule has 2 aromatic heterocycles. The van der Waals surface area contributed by atoms with Crippen LogP contribution in [-0.4, -0.2) is 21.1 Å². The number of aromatic nitrogens is 3. The Morgan fingerprint density at radius 1 is 0.800 bits per heavy atom. The molecule has 0 saturated carbocycles. The second-order valence-electron chi connectivity index (χ2n) is 9.96. The summed E-state index contributed by atoms with van der Waals surface area (Å²) in [6, 6.07) is 38.9. The highest BCUT2D eigenvalue weighted by Crippen LogP contribution is 2.41. The first-order valence-electron chi connectivity index (χ1n) is 13.7. The van der Waals surface area contributed by atoms with Crippen molar-refractivity contribution in [3.63, 3.8) is 0 Å². The zero-order valence-electron chi connectivity index (χ0n) is 22.8. The first kappa shape index (κ1) is 25.4. The van der Waals surface area contributed by atoms with Gasteiger partial charge in [-0.2, -0.15) is 4.98 Å². The van der Waals surface area contributed by atoms with Crippen LogP contribution < -0.4 is 5.32 Å². The number of rotatable bonds is 9. The van der Waals surface area contributed by atoms with Crippen LogP contribution in [0.4, 0.5) is 6.01 Å². The first-order chi connectivity index (χ1) is 19.7. The van der Waals surface area contributed by atoms with E-state index in [2.05, 4.69) is 131 Å². The van der Waals surface area contributed by atoms with Crippen molar-refractivity contribution in [1.82, 2.24) is 14.5 Å². The summed E-state index contributed by atoms with van der Waals surface area (Å²) in [5.74, 6) is 0. The number of imidazole rings is 1. The van der Waals surface area contributed by atoms with Crippen molar-refractivity contribution in [2.75, 3.05) is 11.9 Å². The number of nitrogens with zero attached hydrogens (tertiary/aromatic N) is 3. The lowest BCUT2D eigenvalue weighted by atomic mass is 9.69. The highest BCUT2D eigenvalue weighted by atomic mass is 16.4. The number of oxazole rings is 1. The van der Waals surface area contributed by atoms with Gasteiger partial charge in [0, 0.05) is 18.8 Å². The second-order valence-corrected chi connectivity index (χ2v) is 9.96. The Morgan fingerprint density at radius 3 is 1.98 bits per heavy atom. The quantitative estimate of drug-likeness (QED) is 0.195. The van der Waals surface area contributed by atoms with Crippen molar-refractivity contribution in [3.8, 4) is 0 Å². The van der Waals surface area contributed by atoms with Crippen LogP contribution in [0.3, 0.4) is 0 Å². The summed E-state index contributed by atoms with van der Waals surface area (Å²) < 4.78 is 8.11. The van der Waals surface area contributed by atoms with E-state index in [0.717, 1.165) is 41.1 Å². The lowest BCUT2D eigenvalue weighted by molar-refractivity contribution is 0.495. The summed E-state index contributed by atoms with van der Waals surface area (Å²) in [5.41, 5.74) is 8.03. The fourth-order valence-corrected chi connectivity index (χ4v) is 5.43. The Bertz CT molecular complexity index is 1640. The summed E-state index contributed by atoms with van der Waals surface area (Å²) in [7, 11) is 0. The molecule has 6 aromatic rings. The molecule has 2 heterocycles. The van der Waals surface area contributed by atoms with Crippen LogP contribution in [0, 0.1) is 6.92 Å². The van der Waals surface area contributed by atoms with E-state index >= 15 is 0 Å². The molecule has 0 bridgehead atoms. The Balaban J connectivity index is 1.38. The van der Waals surface area contributed by atoms with Gasteiger partial charge in [0.05, 0.1) is 17.4 Å². The lowest BCUT2D eigenvalue weighted by Crippen LogP contribution is -2.34. The van der Waals surface area contributed by atoms with Gasteiger partial charge in [-0.3, -0.25) is 0 Å². The molecule has 0 unspecified atom stereocenters. The van der Waals surface area contributed by atoms with Gasteiger partial charge in [-0.1, -0.05) is 103 Å². The average Bonchev–Trinajstić information content (AvgIpc) is 3.57. The lowest BCUT2D eigenvalue weighted by Gasteiger charge is -2.36. The van der Waals surface area contributed by atoms with Crippen LogP contribution in [0.25, 0.3) is 23.3 Å². The number of fused-ring (bicyclic) bond motifs is 1. The minimum atomic E-state index is -0.391. The number of hydrogen-bond donors (Lipinski definition) is 1. The van der Waals surface area contributed by atoms with Crippen LogP contribution >= 0.6 is 0 Å². The standard InChI is InChI=1S/C35H32N4O/c1-3-36-34-38-32-22-20-27(23-33(32)40-34)19-21-31-26(2)39(25-37-31)24-35(28-13-7-4-8-14-28,29-15-9-5-10-16-29)30-17-11-6-12-18-30/h4-23,25H,3,24H2,1-2H3,(H,36,38). The maximum absolute atomic E-state index is 5.83. The average molecular weight is 525 g/mol. The van der Waals surface area contributed by atoms with E-state index in [4.69, 9.17) is 9.40 Å². The van der Waals surface area contributed by atoms with Gasteiger partial charge >= 0.3 is 0 Å². The van der Waals surface area contributed by atoms with Crippen LogP contribution in [0.5, 0.6) is 0 Å². The maximum atomic E-state index is 5.83. The molecule has 198 valence electrons. The SMILES string of the molecule is CCNc1nc2ccc(C=Cc3ncn(CC(c4ccccc4)(c4ccccc4)c4ccccc4)c3C)cc2o1. The normalized spacial score (nSPS) is 11.8. The van der Waals surface area contributed by atoms with Gasteiger partial charge in [-0.25, -0.2) is 4.98 Å². The van der Waals surface area contributed by atoms with E-state index in [1.165, 1.54) is 16.7 Å². The Morgan fingerprint density at radius 2 is 1.40 bits per heavy atom. The van der Waals surface area contributed by atoms with Gasteiger partial charge in [0.1, 0.15) is 5.52 Å². The van der Waals surface area contributed by atoms with Crippen molar-refractivity contribution in [2.24, 2.45) is 0 Å². The Labute approximate surface area is 234 Å². The smallest absolute Gasteiger partial charge is 0.295 e. The first-order valence-corrected chi connectivity index (χ1v) is 13.7. The number of benzene rings is 4. The number of anilines is 1. The number of hydrogen-bond acceptors (Lipinski definition) is 4. The molecule has 0 aliphatic heterocycles. The molecular weight excluding hydrogens is 492 g/mol. The summed E-state index contributed by atoms with van der Waals surface area (Å²) >= 11 is 0. The van der Waals surface area contributed by atoms with Gasteiger partial charge in [0.2, 0.25) is 0 Å². The summed E-state index contributed by atoms with van der Waals surface area (Å²) in [6.07, 6.45) is 6.11. The molecule has 4 aromatic carbocycles. The zero-order valence-corrected chi connectivity index (χ0v) is 22.8. The fourth-order valence-electron chi connectivity index (χ4n) is 5.43. The molecule has 0 spiro atoms. The summed E-state index contributed by atoms with van der Waals surface area (Å²) in [6.45, 7) is 5.64. The largest absolute Gasteiger partial charge is 0.424 e. The van der Waals surface area contributed by atoms with Crippen molar-refractivity contribution in [2.45, 2.75) is 25.8 Å². The Kier molecular flexibility index (Phi) is 7.02. The third kappa shape index (κ3) is 4.82. The van der Waals surface area contributed by atoms with Crippen molar-refractivity contribution in [3.05, 3.63) is 149 Å². The predicted octanol–water partition coefficient (Wildman–Crippen LogP) is 7.97. The molecule has 40 heavy (non-hydrogen) atoms. The van der Waals surface area contributed by atoms with E-state index in [-0.39, 0.29) is 0 Å². The van der Waals surface area contributed by atoms with Crippen LogP contribution in [-0.2, 0) is 12.0 Å². The van der Waals surface area contributed by atoms with Gasteiger partial charge < -0.3 is 14.3 Å². The molecule has 5 nitrogen and oxygen atoms in total. The van der Waals surface area contributed by atoms with E-state index in [0.29, 0.717) is 6.01 Å². The van der Waals surface area contributed by atoms with Gasteiger partial charge in [0.15, 0.2) is 5.58 Å². The molecule has 0 saturated heterocycles. The van der Waals surface area contributed by atoms with Crippen LogP contribution in [0.15, 0.2) is 120 Å².